The molecule has 1 aliphatic heterocycles. The van der Waals surface area contributed by atoms with Crippen molar-refractivity contribution in [3.8, 4) is 0 Å². The van der Waals surface area contributed by atoms with Crippen LogP contribution in [0.5, 0.6) is 0 Å². The van der Waals surface area contributed by atoms with E-state index in [-0.39, 0.29) is 22.2 Å². The van der Waals surface area contributed by atoms with Crippen LogP contribution in [0.3, 0.4) is 0 Å². The fourth-order valence-corrected chi connectivity index (χ4v) is 4.63. The molecule has 6 rings (SSSR count). The summed E-state index contributed by atoms with van der Waals surface area (Å²) in [5.41, 5.74) is -0.111. The van der Waals surface area contributed by atoms with Crippen LogP contribution in [0.15, 0.2) is 73.1 Å². The van der Waals surface area contributed by atoms with E-state index in [2.05, 4.69) is 25.3 Å². The Morgan fingerprint density at radius 1 is 1.03 bits per heavy atom. The Labute approximate surface area is 213 Å². The third kappa shape index (κ3) is 3.40. The van der Waals surface area contributed by atoms with E-state index in [0.29, 0.717) is 33.1 Å². The molecule has 0 radical (unpaired) electrons. The highest BCUT2D eigenvalue weighted by Gasteiger charge is 2.51. The molecule has 36 heavy (non-hydrogen) atoms. The maximum absolute atomic E-state index is 15.1. The third-order valence-electron chi connectivity index (χ3n) is 5.97. The van der Waals surface area contributed by atoms with Crippen molar-refractivity contribution in [2.75, 3.05) is 10.2 Å². The van der Waals surface area contributed by atoms with E-state index in [1.54, 1.807) is 42.5 Å². The van der Waals surface area contributed by atoms with E-state index >= 15 is 4.39 Å². The zero-order valence-electron chi connectivity index (χ0n) is 18.2. The molecule has 3 heterocycles. The number of H-pyrrole nitrogens is 1. The summed E-state index contributed by atoms with van der Waals surface area (Å²) in [6.07, 6.45) is 2.90. The summed E-state index contributed by atoms with van der Waals surface area (Å²) in [5.74, 6) is -0.718. The van der Waals surface area contributed by atoms with Gasteiger partial charge >= 0.3 is 0 Å². The van der Waals surface area contributed by atoms with Gasteiger partial charge in [-0.15, -0.1) is 0 Å². The summed E-state index contributed by atoms with van der Waals surface area (Å²) in [4.78, 5) is 30.2. The van der Waals surface area contributed by atoms with Gasteiger partial charge in [-0.3, -0.25) is 15.0 Å². The van der Waals surface area contributed by atoms with E-state index in [1.807, 2.05) is 0 Å². The van der Waals surface area contributed by atoms with Crippen LogP contribution in [0.2, 0.25) is 10.0 Å². The first-order valence-corrected chi connectivity index (χ1v) is 11.5. The van der Waals surface area contributed by atoms with Crippen molar-refractivity contribution in [1.29, 1.82) is 0 Å². The summed E-state index contributed by atoms with van der Waals surface area (Å²) < 4.78 is 15.1. The van der Waals surface area contributed by atoms with E-state index in [4.69, 9.17) is 23.2 Å². The highest BCUT2D eigenvalue weighted by Crippen LogP contribution is 2.46. The lowest BCUT2D eigenvalue weighted by molar-refractivity contribution is 0.0699. The quantitative estimate of drug-likeness (QED) is 0.293. The summed E-state index contributed by atoms with van der Waals surface area (Å²) in [6.45, 7) is 0. The fraction of sp³-hybridized carbons (Fsp3) is 0.0400. The SMILES string of the molecule is O=C1c2ccccc2C(O)(c2ccc3nc(Nc4ncc(Cl)cn4)[nH]c3c2)N1c1cccc(Cl)c1F. The standard InChI is InChI=1S/C25H15Cl2FN6O2/c26-14-11-29-23(30-12-14)33-24-31-18-9-8-13(10-19(18)32-24)25(36)16-5-2-1-4-15(16)22(35)34(25)20-7-3-6-17(27)21(20)28/h1-12,36H,(H2,29,30,31,32,33). The molecule has 1 amide bonds. The molecule has 8 nitrogen and oxygen atoms in total. The summed E-state index contributed by atoms with van der Waals surface area (Å²) in [7, 11) is 0. The van der Waals surface area contributed by atoms with Crippen molar-refractivity contribution in [1.82, 2.24) is 19.9 Å². The number of anilines is 3. The predicted octanol–water partition coefficient (Wildman–Crippen LogP) is 5.40. The second kappa shape index (κ2) is 8.27. The Balaban J connectivity index is 1.48. The monoisotopic (exact) mass is 520 g/mol. The van der Waals surface area contributed by atoms with Gasteiger partial charge in [0.2, 0.25) is 11.9 Å². The lowest BCUT2D eigenvalue weighted by atomic mass is 9.93. The van der Waals surface area contributed by atoms with Gasteiger partial charge in [-0.25, -0.2) is 19.3 Å². The number of hydrogen-bond acceptors (Lipinski definition) is 6. The van der Waals surface area contributed by atoms with E-state index in [0.717, 1.165) is 4.90 Å². The van der Waals surface area contributed by atoms with E-state index < -0.39 is 17.4 Å². The molecule has 0 saturated heterocycles. The van der Waals surface area contributed by atoms with Gasteiger partial charge in [0.1, 0.15) is 0 Å². The Hall–Kier alpha value is -4.05. The van der Waals surface area contributed by atoms with Gasteiger partial charge in [0.05, 0.1) is 39.2 Å². The number of nitrogens with zero attached hydrogens (tertiary/aromatic N) is 4. The van der Waals surface area contributed by atoms with Gasteiger partial charge < -0.3 is 10.1 Å². The number of benzene rings is 3. The molecule has 178 valence electrons. The molecule has 1 atom stereocenters. The van der Waals surface area contributed by atoms with Gasteiger partial charge in [-0.2, -0.15) is 0 Å². The Morgan fingerprint density at radius 2 is 1.81 bits per heavy atom. The van der Waals surface area contributed by atoms with Crippen molar-refractivity contribution in [3.63, 3.8) is 0 Å². The summed E-state index contributed by atoms with van der Waals surface area (Å²) in [5, 5.41) is 15.3. The molecule has 5 aromatic rings. The van der Waals surface area contributed by atoms with E-state index in [1.165, 1.54) is 30.6 Å². The lowest BCUT2D eigenvalue weighted by Crippen LogP contribution is -2.45. The van der Waals surface area contributed by atoms with Crippen molar-refractivity contribution in [3.05, 3.63) is 106 Å². The predicted molar refractivity (Wildman–Crippen MR) is 134 cm³/mol. The molecule has 1 aliphatic rings. The van der Waals surface area contributed by atoms with Crippen LogP contribution in [0, 0.1) is 5.82 Å². The number of carbonyl (C=O) groups excluding carboxylic acids is 1. The van der Waals surface area contributed by atoms with Gasteiger partial charge in [0, 0.05) is 16.7 Å². The Kier molecular flexibility index (Phi) is 5.15. The van der Waals surface area contributed by atoms with Gasteiger partial charge in [-0.1, -0.05) is 53.5 Å². The summed E-state index contributed by atoms with van der Waals surface area (Å²) in [6, 6.07) is 15.9. The molecule has 2 aromatic heterocycles. The average Bonchev–Trinajstić information content (AvgIpc) is 3.38. The van der Waals surface area contributed by atoms with Crippen LogP contribution in [0.25, 0.3) is 11.0 Å². The molecule has 0 bridgehead atoms. The molecular formula is C25H15Cl2FN6O2. The Morgan fingerprint density at radius 3 is 2.61 bits per heavy atom. The largest absolute Gasteiger partial charge is 0.363 e. The number of aromatic nitrogens is 4. The highest BCUT2D eigenvalue weighted by molar-refractivity contribution is 6.31. The minimum Gasteiger partial charge on any atom is -0.363 e. The lowest BCUT2D eigenvalue weighted by Gasteiger charge is -2.35. The number of fused-ring (bicyclic) bond motifs is 2. The number of halogens is 3. The minimum atomic E-state index is -2.01. The average molecular weight is 521 g/mol. The topological polar surface area (TPSA) is 107 Å². The van der Waals surface area contributed by atoms with Crippen molar-refractivity contribution >= 4 is 57.7 Å². The normalized spacial score (nSPS) is 17.0. The van der Waals surface area contributed by atoms with Crippen molar-refractivity contribution < 1.29 is 14.3 Å². The van der Waals surface area contributed by atoms with Crippen LogP contribution in [-0.4, -0.2) is 30.9 Å². The third-order valence-corrected chi connectivity index (χ3v) is 6.45. The van der Waals surface area contributed by atoms with Crippen LogP contribution >= 0.6 is 23.2 Å². The minimum absolute atomic E-state index is 0.141. The molecule has 3 N–H and O–H groups in total. The molecule has 0 aliphatic carbocycles. The maximum Gasteiger partial charge on any atom is 0.261 e. The van der Waals surface area contributed by atoms with E-state index in [9.17, 15) is 9.90 Å². The molecular weight excluding hydrogens is 506 g/mol. The number of aromatic amines is 1. The van der Waals surface area contributed by atoms with Crippen LogP contribution < -0.4 is 10.2 Å². The first-order chi connectivity index (χ1) is 17.4. The first-order valence-electron chi connectivity index (χ1n) is 10.7. The fourth-order valence-electron chi connectivity index (χ4n) is 4.36. The van der Waals surface area contributed by atoms with Crippen molar-refractivity contribution in [2.24, 2.45) is 0 Å². The number of rotatable bonds is 4. The smallest absolute Gasteiger partial charge is 0.261 e. The number of nitrogens with one attached hydrogen (secondary N) is 2. The zero-order valence-corrected chi connectivity index (χ0v) is 19.7. The van der Waals surface area contributed by atoms with Gasteiger partial charge in [-0.05, 0) is 30.3 Å². The highest BCUT2D eigenvalue weighted by atomic mass is 35.5. The zero-order chi connectivity index (χ0) is 25.0. The van der Waals surface area contributed by atoms with Crippen LogP contribution in [0.4, 0.5) is 22.0 Å². The number of hydrogen-bond donors (Lipinski definition) is 3. The molecule has 0 fully saturated rings. The molecule has 1 unspecified atom stereocenters. The number of aliphatic hydroxyl groups is 1. The number of carbonyl (C=O) groups is 1. The van der Waals surface area contributed by atoms with Gasteiger partial charge in [0.25, 0.3) is 5.91 Å². The maximum atomic E-state index is 15.1. The molecule has 3 aromatic carbocycles. The first kappa shape index (κ1) is 22.4. The molecule has 0 saturated carbocycles. The second-order valence-electron chi connectivity index (χ2n) is 8.10. The molecule has 0 spiro atoms. The number of amides is 1. The van der Waals surface area contributed by atoms with Gasteiger partial charge in [0.15, 0.2) is 11.5 Å². The number of imidazole rings is 1. The summed E-state index contributed by atoms with van der Waals surface area (Å²) >= 11 is 11.8. The second-order valence-corrected chi connectivity index (χ2v) is 8.94. The molecule has 11 heteroatoms. The van der Waals surface area contributed by atoms with Crippen LogP contribution in [-0.2, 0) is 5.72 Å². The van der Waals surface area contributed by atoms with Crippen LogP contribution in [0.1, 0.15) is 21.5 Å². The Bertz CT molecular complexity index is 1660. The van der Waals surface area contributed by atoms with Crippen molar-refractivity contribution in [2.45, 2.75) is 5.72 Å².